The van der Waals surface area contributed by atoms with Crippen LogP contribution in [0.5, 0.6) is 0 Å². The Labute approximate surface area is 115 Å². The average Bonchev–Trinajstić information content (AvgIpc) is 2.35. The van der Waals surface area contributed by atoms with E-state index in [0.717, 1.165) is 25.1 Å². The van der Waals surface area contributed by atoms with Gasteiger partial charge in [-0.05, 0) is 51.2 Å². The predicted molar refractivity (Wildman–Crippen MR) is 76.6 cm³/mol. The number of rotatable bonds is 8. The maximum atomic E-state index is 12.9. The van der Waals surface area contributed by atoms with Gasteiger partial charge in [0, 0.05) is 12.6 Å². The third kappa shape index (κ3) is 6.14. The second kappa shape index (κ2) is 8.25. The molecule has 1 aromatic rings. The maximum absolute atomic E-state index is 12.9. The van der Waals surface area contributed by atoms with E-state index in [2.05, 4.69) is 17.1 Å². The zero-order chi connectivity index (χ0) is 14.3. The van der Waals surface area contributed by atoms with Crippen molar-refractivity contribution in [3.63, 3.8) is 0 Å². The minimum Gasteiger partial charge on any atom is -0.392 e. The molecule has 1 rings (SSSR count). The van der Waals surface area contributed by atoms with Gasteiger partial charge in [0.25, 0.3) is 0 Å². The number of benzene rings is 1. The van der Waals surface area contributed by atoms with Gasteiger partial charge in [-0.3, -0.25) is 0 Å². The quantitative estimate of drug-likeness (QED) is 0.758. The lowest BCUT2D eigenvalue weighted by atomic mass is 10.0. The second-order valence-corrected chi connectivity index (χ2v) is 5.06. The Morgan fingerprint density at radius 1 is 1.32 bits per heavy atom. The first-order chi connectivity index (χ1) is 9.02. The van der Waals surface area contributed by atoms with Crippen LogP contribution in [0.15, 0.2) is 24.3 Å². The Kier molecular flexibility index (Phi) is 6.99. The molecule has 2 N–H and O–H groups in total. The lowest BCUT2D eigenvalue weighted by molar-refractivity contribution is 0.139. The number of halogens is 1. The van der Waals surface area contributed by atoms with Crippen LogP contribution in [0.4, 0.5) is 4.39 Å². The molecule has 0 spiro atoms. The summed E-state index contributed by atoms with van der Waals surface area (Å²) in [5.74, 6) is -0.203. The van der Waals surface area contributed by atoms with Crippen molar-refractivity contribution in [2.24, 2.45) is 0 Å². The van der Waals surface area contributed by atoms with Gasteiger partial charge in [-0.2, -0.15) is 0 Å². The summed E-state index contributed by atoms with van der Waals surface area (Å²) in [6.07, 6.45) is 0.622. The Bertz CT molecular complexity index is 354. The lowest BCUT2D eigenvalue weighted by Gasteiger charge is -2.23. The molecule has 0 saturated heterocycles. The van der Waals surface area contributed by atoms with E-state index in [1.807, 2.05) is 19.2 Å². The summed E-state index contributed by atoms with van der Waals surface area (Å²) in [5.41, 5.74) is 1.11. The van der Waals surface area contributed by atoms with E-state index in [1.54, 1.807) is 6.92 Å². The number of likely N-dealkylation sites (N-methyl/N-ethyl adjacent to an activating group) is 1. The summed E-state index contributed by atoms with van der Waals surface area (Å²) >= 11 is 0. The first kappa shape index (κ1) is 16.1. The highest BCUT2D eigenvalue weighted by atomic mass is 19.1. The number of nitrogens with zero attached hydrogens (tertiary/aromatic N) is 1. The molecule has 0 bridgehead atoms. The van der Waals surface area contributed by atoms with Crippen molar-refractivity contribution in [2.45, 2.75) is 32.4 Å². The molecule has 0 fully saturated rings. The summed E-state index contributed by atoms with van der Waals surface area (Å²) in [4.78, 5) is 2.11. The summed E-state index contributed by atoms with van der Waals surface area (Å²) in [7, 11) is 2.00. The summed E-state index contributed by atoms with van der Waals surface area (Å²) in [6.45, 7) is 6.29. The van der Waals surface area contributed by atoms with Crippen molar-refractivity contribution in [2.75, 3.05) is 26.7 Å². The van der Waals surface area contributed by atoms with Crippen LogP contribution in [0.2, 0.25) is 0 Å². The largest absolute Gasteiger partial charge is 0.392 e. The molecule has 0 saturated carbocycles. The van der Waals surface area contributed by atoms with Gasteiger partial charge in [-0.25, -0.2) is 4.39 Å². The molecule has 2 unspecified atom stereocenters. The monoisotopic (exact) mass is 268 g/mol. The summed E-state index contributed by atoms with van der Waals surface area (Å²) < 4.78 is 12.9. The van der Waals surface area contributed by atoms with Crippen LogP contribution >= 0.6 is 0 Å². The van der Waals surface area contributed by atoms with Crippen LogP contribution in [0, 0.1) is 5.82 Å². The molecule has 0 heterocycles. The Morgan fingerprint density at radius 2 is 1.95 bits per heavy atom. The maximum Gasteiger partial charge on any atom is 0.123 e. The summed E-state index contributed by atoms with van der Waals surface area (Å²) in [6, 6.07) is 6.88. The molecule has 108 valence electrons. The lowest BCUT2D eigenvalue weighted by Crippen LogP contribution is -2.31. The molecule has 2 atom stereocenters. The SMILES string of the molecule is CCNC(CCN(C)CC(C)O)c1ccc(F)cc1. The molecule has 0 radical (unpaired) electrons. The van der Waals surface area contributed by atoms with Gasteiger partial charge in [0.05, 0.1) is 6.10 Å². The van der Waals surface area contributed by atoms with Crippen molar-refractivity contribution in [1.29, 1.82) is 0 Å². The van der Waals surface area contributed by atoms with Gasteiger partial charge in [0.2, 0.25) is 0 Å². The normalized spacial score (nSPS) is 14.6. The standard InChI is InChI=1S/C15H25FN2O/c1-4-17-15(9-10-18(3)11-12(2)19)13-5-7-14(16)8-6-13/h5-8,12,15,17,19H,4,9-11H2,1-3H3. The first-order valence-electron chi connectivity index (χ1n) is 6.88. The third-order valence-electron chi connectivity index (χ3n) is 3.10. The fourth-order valence-corrected chi connectivity index (χ4v) is 2.22. The number of aliphatic hydroxyl groups excluding tert-OH is 1. The topological polar surface area (TPSA) is 35.5 Å². The van der Waals surface area contributed by atoms with Gasteiger partial charge in [0.15, 0.2) is 0 Å². The molecule has 0 amide bonds. The van der Waals surface area contributed by atoms with E-state index < -0.39 is 0 Å². The molecule has 4 heteroatoms. The fourth-order valence-electron chi connectivity index (χ4n) is 2.22. The minimum atomic E-state index is -0.312. The molecule has 3 nitrogen and oxygen atoms in total. The molecule has 19 heavy (non-hydrogen) atoms. The van der Waals surface area contributed by atoms with Gasteiger partial charge >= 0.3 is 0 Å². The van der Waals surface area contributed by atoms with E-state index in [0.29, 0.717) is 6.54 Å². The van der Waals surface area contributed by atoms with E-state index in [4.69, 9.17) is 0 Å². The fraction of sp³-hybridized carbons (Fsp3) is 0.600. The predicted octanol–water partition coefficient (Wildman–Crippen LogP) is 2.18. The van der Waals surface area contributed by atoms with Crippen molar-refractivity contribution >= 4 is 0 Å². The van der Waals surface area contributed by atoms with Crippen LogP contribution in [-0.4, -0.2) is 42.8 Å². The van der Waals surface area contributed by atoms with Crippen molar-refractivity contribution < 1.29 is 9.50 Å². The minimum absolute atomic E-state index is 0.203. The van der Waals surface area contributed by atoms with Crippen molar-refractivity contribution in [3.05, 3.63) is 35.6 Å². The van der Waals surface area contributed by atoms with E-state index in [-0.39, 0.29) is 18.0 Å². The van der Waals surface area contributed by atoms with Gasteiger partial charge < -0.3 is 15.3 Å². The van der Waals surface area contributed by atoms with E-state index in [9.17, 15) is 9.50 Å². The molecule has 0 aliphatic heterocycles. The average molecular weight is 268 g/mol. The second-order valence-electron chi connectivity index (χ2n) is 5.06. The van der Waals surface area contributed by atoms with Crippen LogP contribution in [0.1, 0.15) is 31.9 Å². The smallest absolute Gasteiger partial charge is 0.123 e. The molecular weight excluding hydrogens is 243 g/mol. The Balaban J connectivity index is 2.55. The van der Waals surface area contributed by atoms with Crippen molar-refractivity contribution in [3.8, 4) is 0 Å². The summed E-state index contributed by atoms with van der Waals surface area (Å²) in [5, 5.41) is 12.8. The molecular formula is C15H25FN2O. The third-order valence-corrected chi connectivity index (χ3v) is 3.10. The first-order valence-corrected chi connectivity index (χ1v) is 6.88. The number of aliphatic hydroxyl groups is 1. The Hall–Kier alpha value is -0.970. The molecule has 0 aliphatic carbocycles. The van der Waals surface area contributed by atoms with Gasteiger partial charge in [-0.15, -0.1) is 0 Å². The molecule has 0 aromatic heterocycles. The zero-order valence-corrected chi connectivity index (χ0v) is 12.1. The van der Waals surface area contributed by atoms with Gasteiger partial charge in [-0.1, -0.05) is 19.1 Å². The van der Waals surface area contributed by atoms with Crippen LogP contribution in [-0.2, 0) is 0 Å². The number of hydrogen-bond donors (Lipinski definition) is 2. The van der Waals surface area contributed by atoms with E-state index >= 15 is 0 Å². The zero-order valence-electron chi connectivity index (χ0n) is 12.1. The number of hydrogen-bond acceptors (Lipinski definition) is 3. The van der Waals surface area contributed by atoms with Crippen LogP contribution in [0.3, 0.4) is 0 Å². The van der Waals surface area contributed by atoms with Crippen LogP contribution in [0.25, 0.3) is 0 Å². The highest BCUT2D eigenvalue weighted by Crippen LogP contribution is 2.17. The van der Waals surface area contributed by atoms with Gasteiger partial charge in [0.1, 0.15) is 5.82 Å². The molecule has 1 aromatic carbocycles. The number of nitrogens with one attached hydrogen (secondary N) is 1. The Morgan fingerprint density at radius 3 is 2.47 bits per heavy atom. The highest BCUT2D eigenvalue weighted by molar-refractivity contribution is 5.19. The van der Waals surface area contributed by atoms with Crippen LogP contribution < -0.4 is 5.32 Å². The van der Waals surface area contributed by atoms with Crippen molar-refractivity contribution in [1.82, 2.24) is 10.2 Å². The molecule has 0 aliphatic rings. The van der Waals surface area contributed by atoms with E-state index in [1.165, 1.54) is 12.1 Å². The highest BCUT2D eigenvalue weighted by Gasteiger charge is 2.12.